The molecule has 2 nitrogen and oxygen atoms in total. The first kappa shape index (κ1) is 9.38. The van der Waals surface area contributed by atoms with Crippen molar-refractivity contribution in [1.82, 2.24) is 0 Å². The molecule has 0 bridgehead atoms. The minimum absolute atomic E-state index is 0.381. The third kappa shape index (κ3) is 2.01. The van der Waals surface area contributed by atoms with E-state index in [-0.39, 0.29) is 0 Å². The van der Waals surface area contributed by atoms with Gasteiger partial charge in [-0.15, -0.1) is 0 Å². The first-order valence-electron chi connectivity index (χ1n) is 5.11. The molecule has 1 aliphatic carbocycles. The van der Waals surface area contributed by atoms with E-state index in [4.69, 9.17) is 5.11 Å². The molecule has 2 rings (SSSR count). The van der Waals surface area contributed by atoms with Crippen molar-refractivity contribution in [3.05, 3.63) is 0 Å². The minimum atomic E-state index is -0.622. The van der Waals surface area contributed by atoms with Crippen LogP contribution in [0.1, 0.15) is 32.1 Å². The Morgan fingerprint density at radius 1 is 1.38 bits per heavy atom. The predicted molar refractivity (Wildman–Crippen MR) is 53.9 cm³/mol. The van der Waals surface area contributed by atoms with Crippen LogP contribution in [-0.2, 0) is 4.79 Å². The maximum Gasteiger partial charge on any atom is 0.304 e. The van der Waals surface area contributed by atoms with Crippen LogP contribution in [0.2, 0.25) is 0 Å². The normalized spacial score (nSPS) is 38.6. The Kier molecular flexibility index (Phi) is 2.82. The third-order valence-electron chi connectivity index (χ3n) is 3.35. The van der Waals surface area contributed by atoms with Crippen LogP contribution >= 0.6 is 11.8 Å². The summed E-state index contributed by atoms with van der Waals surface area (Å²) in [6.45, 7) is 0. The molecule has 74 valence electrons. The van der Waals surface area contributed by atoms with Crippen molar-refractivity contribution >= 4 is 17.7 Å². The molecule has 1 saturated heterocycles. The topological polar surface area (TPSA) is 37.3 Å². The molecule has 0 aromatic carbocycles. The molecule has 1 aliphatic heterocycles. The number of rotatable bonds is 2. The molecule has 0 amide bonds. The molecule has 0 radical (unpaired) electrons. The lowest BCUT2D eigenvalue weighted by Gasteiger charge is -2.27. The fourth-order valence-corrected chi connectivity index (χ4v) is 4.46. The Balaban J connectivity index is 1.94. The molecule has 2 aliphatic rings. The highest BCUT2D eigenvalue weighted by Gasteiger charge is 2.38. The molecule has 1 heterocycles. The Hall–Kier alpha value is -0.180. The van der Waals surface area contributed by atoms with Crippen LogP contribution in [0.3, 0.4) is 0 Å². The quantitative estimate of drug-likeness (QED) is 0.743. The number of hydrogen-bond acceptors (Lipinski definition) is 2. The monoisotopic (exact) mass is 200 g/mol. The Bertz CT molecular complexity index is 205. The van der Waals surface area contributed by atoms with Crippen molar-refractivity contribution in [3.63, 3.8) is 0 Å². The van der Waals surface area contributed by atoms with Crippen molar-refractivity contribution in [2.75, 3.05) is 5.75 Å². The van der Waals surface area contributed by atoms with E-state index in [0.717, 1.165) is 11.8 Å². The molecule has 1 saturated carbocycles. The first-order valence-corrected chi connectivity index (χ1v) is 6.15. The summed E-state index contributed by atoms with van der Waals surface area (Å²) in [6, 6.07) is 0. The van der Waals surface area contributed by atoms with Gasteiger partial charge in [0.25, 0.3) is 0 Å². The smallest absolute Gasteiger partial charge is 0.304 e. The van der Waals surface area contributed by atoms with E-state index in [1.807, 2.05) is 11.8 Å². The molecule has 0 aromatic rings. The minimum Gasteiger partial charge on any atom is -0.481 e. The fourth-order valence-electron chi connectivity index (χ4n) is 2.69. The number of fused-ring (bicyclic) bond motifs is 1. The van der Waals surface area contributed by atoms with Gasteiger partial charge in [-0.25, -0.2) is 0 Å². The number of carbonyl (C=O) groups is 1. The summed E-state index contributed by atoms with van der Waals surface area (Å²) in [4.78, 5) is 10.6. The zero-order chi connectivity index (χ0) is 9.26. The van der Waals surface area contributed by atoms with Crippen molar-refractivity contribution in [2.24, 2.45) is 11.8 Å². The second-order valence-electron chi connectivity index (χ2n) is 4.18. The average molecular weight is 200 g/mol. The highest BCUT2D eigenvalue weighted by atomic mass is 32.2. The van der Waals surface area contributed by atoms with E-state index in [9.17, 15) is 4.79 Å². The van der Waals surface area contributed by atoms with Crippen molar-refractivity contribution in [2.45, 2.75) is 37.4 Å². The van der Waals surface area contributed by atoms with Crippen LogP contribution < -0.4 is 0 Å². The average Bonchev–Trinajstić information content (AvgIpc) is 2.48. The molecule has 3 unspecified atom stereocenters. The van der Waals surface area contributed by atoms with Gasteiger partial charge >= 0.3 is 5.97 Å². The molecule has 13 heavy (non-hydrogen) atoms. The van der Waals surface area contributed by atoms with Gasteiger partial charge in [-0.1, -0.05) is 12.8 Å². The summed E-state index contributed by atoms with van der Waals surface area (Å²) in [7, 11) is 0. The predicted octanol–water partition coefficient (Wildman–Crippen LogP) is 2.38. The maximum absolute atomic E-state index is 10.6. The van der Waals surface area contributed by atoms with E-state index >= 15 is 0 Å². The molecule has 1 N–H and O–H groups in total. The van der Waals surface area contributed by atoms with Crippen LogP contribution in [0.25, 0.3) is 0 Å². The van der Waals surface area contributed by atoms with Gasteiger partial charge in [-0.05, 0) is 30.4 Å². The molecule has 3 heteroatoms. The van der Waals surface area contributed by atoms with E-state index in [2.05, 4.69) is 0 Å². The van der Waals surface area contributed by atoms with Gasteiger partial charge in [0, 0.05) is 5.25 Å². The molecular formula is C10H16O2S. The summed E-state index contributed by atoms with van der Waals surface area (Å²) >= 11 is 1.90. The van der Waals surface area contributed by atoms with E-state index in [1.165, 1.54) is 31.4 Å². The molecule has 0 aromatic heterocycles. The number of carboxylic acid groups (broad SMARTS) is 1. The SMILES string of the molecule is O=C(O)CC1SCC2CCCCC21. The van der Waals surface area contributed by atoms with Gasteiger partial charge in [0.1, 0.15) is 0 Å². The standard InChI is InChI=1S/C10H16O2S/c11-10(12)5-9-8-4-2-1-3-7(8)6-13-9/h7-9H,1-6H2,(H,11,12). The second-order valence-corrected chi connectivity index (χ2v) is 5.45. The molecule has 3 atom stereocenters. The number of hydrogen-bond donors (Lipinski definition) is 1. The van der Waals surface area contributed by atoms with Crippen molar-refractivity contribution in [1.29, 1.82) is 0 Å². The number of thioether (sulfide) groups is 1. The Labute approximate surface area is 83.1 Å². The van der Waals surface area contributed by atoms with Crippen molar-refractivity contribution in [3.8, 4) is 0 Å². The van der Waals surface area contributed by atoms with Crippen LogP contribution in [0.5, 0.6) is 0 Å². The lowest BCUT2D eigenvalue weighted by Crippen LogP contribution is -2.24. The summed E-state index contributed by atoms with van der Waals surface area (Å²) in [5.41, 5.74) is 0. The van der Waals surface area contributed by atoms with E-state index in [0.29, 0.717) is 11.7 Å². The summed E-state index contributed by atoms with van der Waals surface area (Å²) in [6.07, 6.45) is 5.68. The van der Waals surface area contributed by atoms with Gasteiger partial charge in [0.05, 0.1) is 6.42 Å². The second kappa shape index (κ2) is 3.91. The zero-order valence-electron chi connectivity index (χ0n) is 7.74. The van der Waals surface area contributed by atoms with E-state index < -0.39 is 5.97 Å². The lowest BCUT2D eigenvalue weighted by atomic mass is 9.78. The van der Waals surface area contributed by atoms with Gasteiger partial charge in [-0.3, -0.25) is 4.79 Å². The van der Waals surface area contributed by atoms with Crippen molar-refractivity contribution < 1.29 is 9.90 Å². The van der Waals surface area contributed by atoms with Crippen LogP contribution in [-0.4, -0.2) is 22.1 Å². The molecule has 2 fully saturated rings. The van der Waals surface area contributed by atoms with Gasteiger partial charge in [-0.2, -0.15) is 11.8 Å². The molecule has 0 spiro atoms. The Morgan fingerprint density at radius 2 is 2.15 bits per heavy atom. The number of carboxylic acids is 1. The first-order chi connectivity index (χ1) is 6.27. The van der Waals surface area contributed by atoms with Crippen LogP contribution in [0, 0.1) is 11.8 Å². The number of aliphatic carboxylic acids is 1. The summed E-state index contributed by atoms with van der Waals surface area (Å²) in [5, 5.41) is 9.17. The maximum atomic E-state index is 10.6. The van der Waals surface area contributed by atoms with Crippen LogP contribution in [0.15, 0.2) is 0 Å². The largest absolute Gasteiger partial charge is 0.481 e. The van der Waals surface area contributed by atoms with Crippen LogP contribution in [0.4, 0.5) is 0 Å². The Morgan fingerprint density at radius 3 is 2.92 bits per heavy atom. The highest BCUT2D eigenvalue weighted by molar-refractivity contribution is 8.00. The van der Waals surface area contributed by atoms with Gasteiger partial charge < -0.3 is 5.11 Å². The zero-order valence-corrected chi connectivity index (χ0v) is 8.55. The summed E-state index contributed by atoms with van der Waals surface area (Å²) < 4.78 is 0. The van der Waals surface area contributed by atoms with Gasteiger partial charge in [0.2, 0.25) is 0 Å². The molecular weight excluding hydrogens is 184 g/mol. The highest BCUT2D eigenvalue weighted by Crippen LogP contribution is 2.46. The van der Waals surface area contributed by atoms with E-state index in [1.54, 1.807) is 0 Å². The van der Waals surface area contributed by atoms with Gasteiger partial charge in [0.15, 0.2) is 0 Å². The third-order valence-corrected chi connectivity index (χ3v) is 4.91. The summed E-state index contributed by atoms with van der Waals surface area (Å²) in [5.74, 6) is 2.14. The lowest BCUT2D eigenvalue weighted by molar-refractivity contribution is -0.137. The fraction of sp³-hybridized carbons (Fsp3) is 0.900.